The van der Waals surface area contributed by atoms with Crippen molar-refractivity contribution >= 4 is 17.2 Å². The molecule has 19 heavy (non-hydrogen) atoms. The van der Waals surface area contributed by atoms with Crippen LogP contribution in [0.4, 0.5) is 5.82 Å². The average molecular weight is 273 g/mol. The molecule has 0 spiro atoms. The molecule has 0 aromatic carbocycles. The first-order valence-electron chi connectivity index (χ1n) is 6.71. The lowest BCUT2D eigenvalue weighted by atomic mass is 10.0. The number of hydrogen-bond donors (Lipinski definition) is 1. The normalized spacial score (nSPS) is 19.2. The van der Waals surface area contributed by atoms with Gasteiger partial charge in [0.25, 0.3) is 0 Å². The third kappa shape index (κ3) is 2.51. The van der Waals surface area contributed by atoms with E-state index in [1.807, 2.05) is 24.6 Å². The summed E-state index contributed by atoms with van der Waals surface area (Å²) in [6.45, 7) is 4.45. The molecule has 2 aromatic rings. The van der Waals surface area contributed by atoms with Crippen molar-refractivity contribution in [3.63, 3.8) is 0 Å². The van der Waals surface area contributed by atoms with Gasteiger partial charge in [-0.25, -0.2) is 4.98 Å². The van der Waals surface area contributed by atoms with Crippen LogP contribution in [-0.4, -0.2) is 23.5 Å². The van der Waals surface area contributed by atoms with Gasteiger partial charge in [-0.05, 0) is 48.1 Å². The highest BCUT2D eigenvalue weighted by atomic mass is 32.1. The maximum Gasteiger partial charge on any atom is 0.125 e. The molecular weight excluding hydrogens is 254 g/mol. The zero-order valence-electron chi connectivity index (χ0n) is 11.4. The van der Waals surface area contributed by atoms with E-state index in [2.05, 4.69) is 45.7 Å². The molecule has 100 valence electrons. The first-order chi connectivity index (χ1) is 9.28. The van der Waals surface area contributed by atoms with Gasteiger partial charge in [0.2, 0.25) is 0 Å². The molecule has 0 saturated carbocycles. The molecule has 0 radical (unpaired) electrons. The molecule has 0 fully saturated rings. The highest BCUT2D eigenvalue weighted by Crippen LogP contribution is 2.33. The number of pyridine rings is 1. The Labute approximate surface area is 118 Å². The minimum Gasteiger partial charge on any atom is -0.373 e. The number of rotatable bonds is 3. The second kappa shape index (κ2) is 5.31. The van der Waals surface area contributed by atoms with Crippen LogP contribution >= 0.6 is 11.3 Å². The van der Waals surface area contributed by atoms with E-state index in [1.54, 1.807) is 4.88 Å². The Morgan fingerprint density at radius 3 is 3.21 bits per heavy atom. The van der Waals surface area contributed by atoms with Gasteiger partial charge >= 0.3 is 0 Å². The molecule has 1 aliphatic rings. The molecule has 1 unspecified atom stereocenters. The Morgan fingerprint density at radius 2 is 2.37 bits per heavy atom. The van der Waals surface area contributed by atoms with Crippen LogP contribution in [0.15, 0.2) is 29.8 Å². The van der Waals surface area contributed by atoms with Gasteiger partial charge in [-0.15, -0.1) is 11.3 Å². The Balaban J connectivity index is 1.77. The Bertz CT molecular complexity index is 564. The van der Waals surface area contributed by atoms with Crippen molar-refractivity contribution < 1.29 is 0 Å². The zero-order valence-corrected chi connectivity index (χ0v) is 12.2. The van der Waals surface area contributed by atoms with Crippen LogP contribution in [0.25, 0.3) is 0 Å². The van der Waals surface area contributed by atoms with E-state index < -0.39 is 0 Å². The molecule has 1 N–H and O–H groups in total. The molecule has 3 rings (SSSR count). The predicted octanol–water partition coefficient (Wildman–Crippen LogP) is 3.30. The van der Waals surface area contributed by atoms with Gasteiger partial charge < -0.3 is 5.32 Å². The summed E-state index contributed by atoms with van der Waals surface area (Å²) in [6.07, 6.45) is 3.06. The van der Waals surface area contributed by atoms with Crippen molar-refractivity contribution in [2.75, 3.05) is 18.9 Å². The summed E-state index contributed by atoms with van der Waals surface area (Å²) in [7, 11) is 1.91. The quantitative estimate of drug-likeness (QED) is 0.930. The molecule has 3 nitrogen and oxygen atoms in total. The molecule has 2 aromatic heterocycles. The number of thiophene rings is 1. The Hall–Kier alpha value is -1.39. The number of anilines is 1. The molecule has 0 amide bonds. The minimum absolute atomic E-state index is 0.515. The molecule has 1 atom stereocenters. The van der Waals surface area contributed by atoms with Crippen molar-refractivity contribution in [2.45, 2.75) is 25.9 Å². The monoisotopic (exact) mass is 273 g/mol. The third-order valence-corrected chi connectivity index (χ3v) is 4.87. The van der Waals surface area contributed by atoms with Crippen molar-refractivity contribution in [3.8, 4) is 0 Å². The van der Waals surface area contributed by atoms with Gasteiger partial charge in [0.15, 0.2) is 0 Å². The van der Waals surface area contributed by atoms with Crippen LogP contribution in [0.2, 0.25) is 0 Å². The van der Waals surface area contributed by atoms with Crippen LogP contribution < -0.4 is 5.32 Å². The lowest BCUT2D eigenvalue weighted by Gasteiger charge is -2.33. The van der Waals surface area contributed by atoms with Crippen LogP contribution in [0.3, 0.4) is 0 Å². The van der Waals surface area contributed by atoms with Gasteiger partial charge in [0.05, 0.1) is 0 Å². The SMILES string of the molecule is CNc1cc(CN2CCc3sccc3C2C)ccn1. The zero-order chi connectivity index (χ0) is 13.2. The first-order valence-corrected chi connectivity index (χ1v) is 7.59. The maximum atomic E-state index is 4.27. The van der Waals surface area contributed by atoms with E-state index in [4.69, 9.17) is 0 Å². The van der Waals surface area contributed by atoms with Crippen LogP contribution in [0, 0.1) is 0 Å². The van der Waals surface area contributed by atoms with E-state index in [-0.39, 0.29) is 0 Å². The average Bonchev–Trinajstić information content (AvgIpc) is 2.91. The Kier molecular flexibility index (Phi) is 3.53. The van der Waals surface area contributed by atoms with Crippen molar-refractivity contribution in [1.82, 2.24) is 9.88 Å². The summed E-state index contributed by atoms with van der Waals surface area (Å²) in [5.41, 5.74) is 2.84. The van der Waals surface area contributed by atoms with Gasteiger partial charge in [0.1, 0.15) is 5.82 Å². The largest absolute Gasteiger partial charge is 0.373 e. The maximum absolute atomic E-state index is 4.27. The number of fused-ring (bicyclic) bond motifs is 1. The van der Waals surface area contributed by atoms with Crippen molar-refractivity contribution in [3.05, 3.63) is 45.8 Å². The standard InChI is InChI=1S/C15H19N3S/c1-11-13-5-8-19-14(13)4-7-18(11)10-12-3-6-17-15(9-12)16-2/h3,5-6,8-9,11H,4,7,10H2,1-2H3,(H,16,17). The number of aromatic nitrogens is 1. The molecule has 1 aliphatic heterocycles. The molecule has 4 heteroatoms. The van der Waals surface area contributed by atoms with Crippen molar-refractivity contribution in [2.24, 2.45) is 0 Å². The van der Waals surface area contributed by atoms with E-state index in [1.165, 1.54) is 17.5 Å². The highest BCUT2D eigenvalue weighted by molar-refractivity contribution is 7.10. The molecule has 3 heterocycles. The molecule has 0 saturated heterocycles. The molecule has 0 bridgehead atoms. The Morgan fingerprint density at radius 1 is 1.47 bits per heavy atom. The van der Waals surface area contributed by atoms with Gasteiger partial charge in [0, 0.05) is 37.3 Å². The number of nitrogens with zero attached hydrogens (tertiary/aromatic N) is 2. The van der Waals surface area contributed by atoms with E-state index in [0.717, 1.165) is 18.9 Å². The predicted molar refractivity (Wildman–Crippen MR) is 80.6 cm³/mol. The van der Waals surface area contributed by atoms with Gasteiger partial charge in [-0.3, -0.25) is 4.90 Å². The summed E-state index contributed by atoms with van der Waals surface area (Å²) in [6, 6.07) is 7.04. The first kappa shape index (κ1) is 12.6. The summed E-state index contributed by atoms with van der Waals surface area (Å²) < 4.78 is 0. The highest BCUT2D eigenvalue weighted by Gasteiger charge is 2.24. The summed E-state index contributed by atoms with van der Waals surface area (Å²) >= 11 is 1.90. The van der Waals surface area contributed by atoms with E-state index in [9.17, 15) is 0 Å². The van der Waals surface area contributed by atoms with Gasteiger partial charge in [-0.1, -0.05) is 0 Å². The smallest absolute Gasteiger partial charge is 0.125 e. The lowest BCUT2D eigenvalue weighted by molar-refractivity contribution is 0.191. The number of hydrogen-bond acceptors (Lipinski definition) is 4. The van der Waals surface area contributed by atoms with Crippen LogP contribution in [-0.2, 0) is 13.0 Å². The van der Waals surface area contributed by atoms with Gasteiger partial charge in [-0.2, -0.15) is 0 Å². The molecule has 0 aliphatic carbocycles. The third-order valence-electron chi connectivity index (χ3n) is 3.87. The van der Waals surface area contributed by atoms with Crippen LogP contribution in [0.1, 0.15) is 29.0 Å². The lowest BCUT2D eigenvalue weighted by Crippen LogP contribution is -2.32. The summed E-state index contributed by atoms with van der Waals surface area (Å²) in [4.78, 5) is 8.38. The van der Waals surface area contributed by atoms with E-state index >= 15 is 0 Å². The minimum atomic E-state index is 0.515. The summed E-state index contributed by atoms with van der Waals surface area (Å²) in [5, 5.41) is 5.32. The second-order valence-electron chi connectivity index (χ2n) is 4.99. The fourth-order valence-electron chi connectivity index (χ4n) is 2.72. The fraction of sp³-hybridized carbons (Fsp3) is 0.400. The topological polar surface area (TPSA) is 28.2 Å². The fourth-order valence-corrected chi connectivity index (χ4v) is 3.68. The number of nitrogens with one attached hydrogen (secondary N) is 1. The van der Waals surface area contributed by atoms with E-state index in [0.29, 0.717) is 6.04 Å². The van der Waals surface area contributed by atoms with Crippen LogP contribution in [0.5, 0.6) is 0 Å². The second-order valence-corrected chi connectivity index (χ2v) is 6.00. The van der Waals surface area contributed by atoms with Crippen molar-refractivity contribution in [1.29, 1.82) is 0 Å². The molecular formula is C15H19N3S. The summed E-state index contributed by atoms with van der Waals surface area (Å²) in [5.74, 6) is 0.943.